The fraction of sp³-hybridized carbons (Fsp3) is 0. The Labute approximate surface area is 408 Å². The van der Waals surface area contributed by atoms with Gasteiger partial charge in [0.2, 0.25) is 0 Å². The van der Waals surface area contributed by atoms with Crippen molar-refractivity contribution in [1.82, 2.24) is 19.5 Å². The molecule has 0 saturated carbocycles. The summed E-state index contributed by atoms with van der Waals surface area (Å²) in [7, 11) is 0. The topological polar surface area (TPSA) is 43.6 Å². The second-order valence-electron chi connectivity index (χ2n) is 18.0. The van der Waals surface area contributed by atoms with Gasteiger partial charge in [0.05, 0.1) is 16.7 Å². The molecule has 0 aliphatic heterocycles. The van der Waals surface area contributed by atoms with Crippen LogP contribution in [0.5, 0.6) is 0 Å². The Balaban J connectivity index is 1.12. The van der Waals surface area contributed by atoms with Gasteiger partial charge in [-0.25, -0.2) is 15.0 Å². The summed E-state index contributed by atoms with van der Waals surface area (Å²) in [6, 6.07) is 87.4. The van der Waals surface area contributed by atoms with Gasteiger partial charge in [-0.2, -0.15) is 0 Å². The summed E-state index contributed by atoms with van der Waals surface area (Å²) in [4.78, 5) is 16.2. The first kappa shape index (κ1) is 40.1. The first-order valence-corrected chi connectivity index (χ1v) is 24.5. The second-order valence-corrected chi connectivity index (χ2v) is 19.0. The fourth-order valence-electron chi connectivity index (χ4n) is 10.5. The zero-order valence-electron chi connectivity index (χ0n) is 37.8. The van der Waals surface area contributed by atoms with E-state index in [-0.39, 0.29) is 0 Å². The Morgan fingerprint density at radius 2 is 0.757 bits per heavy atom. The standard InChI is InChI=1S/C65H40N4S/c1-4-18-41(19-5-1)44-28-16-29-49(34-44)55-38-50(64-66-63(43-22-8-3-9-23-43)67-65(68-64)53-32-17-31-52-51-30-14-15-33-60(51)70-62(52)53)37-54(42-20-6-2-7-21-42)61(55)69-58-39-47-26-12-10-24-45(47)35-56(58)57-36-46-25-11-13-27-48(46)40-59(57)69/h1-40H. The minimum Gasteiger partial charge on any atom is -0.308 e. The van der Waals surface area contributed by atoms with Crippen molar-refractivity contribution in [2.75, 3.05) is 0 Å². The van der Waals surface area contributed by atoms with Gasteiger partial charge >= 0.3 is 0 Å². The Bertz CT molecular complexity index is 4250. The van der Waals surface area contributed by atoms with E-state index in [0.717, 1.165) is 71.5 Å². The van der Waals surface area contributed by atoms with Crippen LogP contribution in [0.25, 0.3) is 137 Å². The zero-order valence-corrected chi connectivity index (χ0v) is 38.6. The van der Waals surface area contributed by atoms with Crippen molar-refractivity contribution in [3.63, 3.8) is 0 Å². The molecular weight excluding hydrogens is 869 g/mol. The van der Waals surface area contributed by atoms with Crippen LogP contribution in [0.1, 0.15) is 0 Å². The van der Waals surface area contributed by atoms with Gasteiger partial charge < -0.3 is 4.57 Å². The minimum absolute atomic E-state index is 0.602. The molecule has 11 aromatic carbocycles. The number of thiophene rings is 1. The Hall–Kier alpha value is -9.03. The van der Waals surface area contributed by atoms with E-state index in [0.29, 0.717) is 17.5 Å². The molecule has 5 heteroatoms. The third-order valence-corrected chi connectivity index (χ3v) is 15.0. The summed E-state index contributed by atoms with van der Waals surface area (Å²) >= 11 is 1.79. The molecule has 0 saturated heterocycles. The molecule has 3 heterocycles. The van der Waals surface area contributed by atoms with E-state index in [2.05, 4.69) is 229 Å². The van der Waals surface area contributed by atoms with Crippen molar-refractivity contribution in [2.45, 2.75) is 0 Å². The number of hydrogen-bond donors (Lipinski definition) is 0. The van der Waals surface area contributed by atoms with Crippen LogP contribution in [0.4, 0.5) is 0 Å². The van der Waals surface area contributed by atoms with Crippen molar-refractivity contribution in [3.8, 4) is 73.2 Å². The highest BCUT2D eigenvalue weighted by Gasteiger charge is 2.25. The maximum atomic E-state index is 5.49. The van der Waals surface area contributed by atoms with Crippen LogP contribution in [-0.4, -0.2) is 19.5 Å². The van der Waals surface area contributed by atoms with Crippen LogP contribution >= 0.6 is 11.3 Å². The molecule has 4 nitrogen and oxygen atoms in total. The van der Waals surface area contributed by atoms with E-state index >= 15 is 0 Å². The second kappa shape index (κ2) is 16.3. The quantitative estimate of drug-likeness (QED) is 0.160. The van der Waals surface area contributed by atoms with Crippen molar-refractivity contribution in [1.29, 1.82) is 0 Å². The van der Waals surface area contributed by atoms with Gasteiger partial charge in [0.25, 0.3) is 0 Å². The molecule has 3 aromatic heterocycles. The summed E-state index contributed by atoms with van der Waals surface area (Å²) in [5.41, 5.74) is 12.8. The minimum atomic E-state index is 0.602. The largest absolute Gasteiger partial charge is 0.308 e. The monoisotopic (exact) mass is 908 g/mol. The summed E-state index contributed by atoms with van der Waals surface area (Å²) in [5, 5.41) is 9.64. The Morgan fingerprint density at radius 1 is 0.286 bits per heavy atom. The highest BCUT2D eigenvalue weighted by Crippen LogP contribution is 2.46. The maximum absolute atomic E-state index is 5.49. The first-order chi connectivity index (χ1) is 34.7. The molecule has 0 radical (unpaired) electrons. The lowest BCUT2D eigenvalue weighted by atomic mass is 9.91. The van der Waals surface area contributed by atoms with E-state index in [1.807, 2.05) is 18.2 Å². The predicted octanol–water partition coefficient (Wildman–Crippen LogP) is 17.6. The van der Waals surface area contributed by atoms with E-state index in [1.165, 1.54) is 47.8 Å². The predicted molar refractivity (Wildman–Crippen MR) is 295 cm³/mol. The molecule has 14 rings (SSSR count). The number of fused-ring (bicyclic) bond motifs is 8. The number of nitrogens with zero attached hydrogens (tertiary/aromatic N) is 4. The van der Waals surface area contributed by atoms with Crippen LogP contribution in [-0.2, 0) is 0 Å². The normalized spacial score (nSPS) is 11.7. The molecule has 0 aliphatic carbocycles. The molecule has 0 bridgehead atoms. The van der Waals surface area contributed by atoms with Crippen molar-refractivity contribution >= 4 is 74.9 Å². The molecule has 0 N–H and O–H groups in total. The molecule has 326 valence electrons. The average Bonchev–Trinajstić information content (AvgIpc) is 3.96. The molecule has 14 aromatic rings. The fourth-order valence-corrected chi connectivity index (χ4v) is 11.7. The molecule has 0 spiro atoms. The summed E-state index contributed by atoms with van der Waals surface area (Å²) < 4.78 is 4.92. The average molecular weight is 909 g/mol. The third-order valence-electron chi connectivity index (χ3n) is 13.8. The molecule has 0 aliphatic rings. The highest BCUT2D eigenvalue weighted by atomic mass is 32.1. The van der Waals surface area contributed by atoms with Crippen molar-refractivity contribution in [2.24, 2.45) is 0 Å². The number of aromatic nitrogens is 4. The highest BCUT2D eigenvalue weighted by molar-refractivity contribution is 7.26. The van der Waals surface area contributed by atoms with Gasteiger partial charge in [-0.15, -0.1) is 11.3 Å². The molecule has 0 fully saturated rings. The van der Waals surface area contributed by atoms with Gasteiger partial charge in [0.15, 0.2) is 17.5 Å². The van der Waals surface area contributed by atoms with Gasteiger partial charge in [0, 0.05) is 58.8 Å². The van der Waals surface area contributed by atoms with Gasteiger partial charge in [-0.1, -0.05) is 188 Å². The van der Waals surface area contributed by atoms with Gasteiger partial charge in [-0.3, -0.25) is 0 Å². The number of hydrogen-bond acceptors (Lipinski definition) is 4. The molecule has 0 amide bonds. The molecule has 0 atom stereocenters. The maximum Gasteiger partial charge on any atom is 0.165 e. The molecule has 0 unspecified atom stereocenters. The smallest absolute Gasteiger partial charge is 0.165 e. The van der Waals surface area contributed by atoms with E-state index in [4.69, 9.17) is 15.0 Å². The first-order valence-electron chi connectivity index (χ1n) is 23.7. The lowest BCUT2D eigenvalue weighted by Gasteiger charge is -2.21. The van der Waals surface area contributed by atoms with Crippen molar-refractivity contribution < 1.29 is 0 Å². The van der Waals surface area contributed by atoms with E-state index < -0.39 is 0 Å². The lowest BCUT2D eigenvalue weighted by molar-refractivity contribution is 1.08. The molecule has 70 heavy (non-hydrogen) atoms. The summed E-state index contributed by atoms with van der Waals surface area (Å²) in [6.45, 7) is 0. The number of benzene rings is 11. The van der Waals surface area contributed by atoms with Crippen LogP contribution in [0.2, 0.25) is 0 Å². The zero-order chi connectivity index (χ0) is 46.1. The van der Waals surface area contributed by atoms with Crippen LogP contribution in [0.3, 0.4) is 0 Å². The number of rotatable bonds is 7. The Kier molecular flexibility index (Phi) is 9.36. The van der Waals surface area contributed by atoms with Gasteiger partial charge in [-0.05, 0) is 98.4 Å². The van der Waals surface area contributed by atoms with Crippen LogP contribution < -0.4 is 0 Å². The SMILES string of the molecule is c1ccc(-c2cccc(-c3cc(-c4nc(-c5ccccc5)nc(-c5cccc6c5sc5ccccc56)n4)cc(-c4ccccc4)c3-n3c4cc5ccccc5cc4c4cc5ccccc5cc43)c2)cc1. The van der Waals surface area contributed by atoms with E-state index in [1.54, 1.807) is 11.3 Å². The van der Waals surface area contributed by atoms with Crippen molar-refractivity contribution in [3.05, 3.63) is 243 Å². The van der Waals surface area contributed by atoms with E-state index in [9.17, 15) is 0 Å². The third kappa shape index (κ3) is 6.70. The summed E-state index contributed by atoms with van der Waals surface area (Å²) in [5.74, 6) is 1.86. The van der Waals surface area contributed by atoms with Crippen LogP contribution in [0.15, 0.2) is 243 Å². The lowest BCUT2D eigenvalue weighted by Crippen LogP contribution is -2.04. The molecular formula is C65H40N4S. The Morgan fingerprint density at radius 3 is 1.41 bits per heavy atom. The summed E-state index contributed by atoms with van der Waals surface area (Å²) in [6.07, 6.45) is 0. The van der Waals surface area contributed by atoms with Gasteiger partial charge in [0.1, 0.15) is 0 Å². The van der Waals surface area contributed by atoms with Crippen LogP contribution in [0, 0.1) is 0 Å².